The predicted molar refractivity (Wildman–Crippen MR) is 69.9 cm³/mol. The second-order valence-electron chi connectivity index (χ2n) is 5.95. The average molecular weight is 235 g/mol. The van der Waals surface area contributed by atoms with Gasteiger partial charge in [-0.25, -0.2) is 4.39 Å². The Morgan fingerprint density at radius 2 is 1.94 bits per heavy atom. The van der Waals surface area contributed by atoms with Gasteiger partial charge in [-0.1, -0.05) is 18.2 Å². The largest absolute Gasteiger partial charge is 0.327 e. The Bertz CT molecular complexity index is 425. The van der Waals surface area contributed by atoms with E-state index in [-0.39, 0.29) is 11.5 Å². The lowest BCUT2D eigenvalue weighted by molar-refractivity contribution is 0.221. The summed E-state index contributed by atoms with van der Waals surface area (Å²) in [7, 11) is 0. The molecule has 1 nitrogen and oxygen atoms in total. The fourth-order valence-electron chi connectivity index (χ4n) is 2.63. The molecule has 1 aliphatic rings. The summed E-state index contributed by atoms with van der Waals surface area (Å²) in [6, 6.07) is 6.06. The maximum atomic E-state index is 14.0. The van der Waals surface area contributed by atoms with E-state index in [1.165, 1.54) is 11.1 Å². The number of alkyl halides is 1. The van der Waals surface area contributed by atoms with Crippen molar-refractivity contribution in [2.75, 3.05) is 0 Å². The summed E-state index contributed by atoms with van der Waals surface area (Å²) in [5, 5.41) is 0. The summed E-state index contributed by atoms with van der Waals surface area (Å²) >= 11 is 0. The van der Waals surface area contributed by atoms with E-state index >= 15 is 0 Å². The Morgan fingerprint density at radius 3 is 2.35 bits per heavy atom. The first-order valence-corrected chi connectivity index (χ1v) is 6.33. The van der Waals surface area contributed by atoms with E-state index in [2.05, 4.69) is 13.8 Å². The Kier molecular flexibility index (Phi) is 2.81. The summed E-state index contributed by atoms with van der Waals surface area (Å²) in [5.74, 6) is 0. The minimum atomic E-state index is -1.28. The quantitative estimate of drug-likeness (QED) is 0.851. The van der Waals surface area contributed by atoms with E-state index < -0.39 is 5.67 Å². The van der Waals surface area contributed by atoms with Crippen LogP contribution >= 0.6 is 0 Å². The molecule has 0 amide bonds. The lowest BCUT2D eigenvalue weighted by Gasteiger charge is -2.25. The van der Waals surface area contributed by atoms with Crippen LogP contribution in [0.2, 0.25) is 0 Å². The van der Waals surface area contributed by atoms with Crippen LogP contribution < -0.4 is 5.73 Å². The third-order valence-corrected chi connectivity index (χ3v) is 4.12. The minimum absolute atomic E-state index is 0.103. The number of benzene rings is 1. The highest BCUT2D eigenvalue weighted by molar-refractivity contribution is 5.43. The average Bonchev–Trinajstić information content (AvgIpc) is 2.97. The molecular formula is C15H22FN. The van der Waals surface area contributed by atoms with E-state index in [0.717, 1.165) is 18.4 Å². The van der Waals surface area contributed by atoms with Gasteiger partial charge in [0, 0.05) is 11.5 Å². The van der Waals surface area contributed by atoms with Crippen LogP contribution in [-0.2, 0) is 11.1 Å². The van der Waals surface area contributed by atoms with Gasteiger partial charge in [-0.15, -0.1) is 0 Å². The Labute approximate surface area is 103 Å². The zero-order valence-electron chi connectivity index (χ0n) is 11.2. The molecule has 2 heteroatoms. The van der Waals surface area contributed by atoms with Gasteiger partial charge in [0.05, 0.1) is 0 Å². The zero-order valence-corrected chi connectivity index (χ0v) is 11.2. The number of halogens is 1. The predicted octanol–water partition coefficient (Wildman–Crippen LogP) is 3.58. The minimum Gasteiger partial charge on any atom is -0.327 e. The van der Waals surface area contributed by atoms with Crippen LogP contribution in [-0.4, -0.2) is 6.04 Å². The molecule has 1 aromatic rings. The van der Waals surface area contributed by atoms with Gasteiger partial charge in [-0.3, -0.25) is 0 Å². The van der Waals surface area contributed by atoms with Crippen molar-refractivity contribution in [3.8, 4) is 0 Å². The second-order valence-corrected chi connectivity index (χ2v) is 5.95. The van der Waals surface area contributed by atoms with E-state index in [4.69, 9.17) is 5.73 Å². The third-order valence-electron chi connectivity index (χ3n) is 4.12. The summed E-state index contributed by atoms with van der Waals surface area (Å²) in [5.41, 5.74) is 8.15. The normalized spacial score (nSPS) is 20.1. The molecule has 0 heterocycles. The Morgan fingerprint density at radius 1 is 1.35 bits per heavy atom. The number of hydrogen-bond acceptors (Lipinski definition) is 1. The van der Waals surface area contributed by atoms with Crippen molar-refractivity contribution in [2.24, 2.45) is 5.73 Å². The van der Waals surface area contributed by atoms with Crippen LogP contribution in [0.3, 0.4) is 0 Å². The Balaban J connectivity index is 2.48. The van der Waals surface area contributed by atoms with Crippen LogP contribution in [0.5, 0.6) is 0 Å². The van der Waals surface area contributed by atoms with Crippen molar-refractivity contribution < 1.29 is 4.39 Å². The molecule has 17 heavy (non-hydrogen) atoms. The van der Waals surface area contributed by atoms with E-state index in [1.807, 2.05) is 18.2 Å². The fraction of sp³-hybridized carbons (Fsp3) is 0.600. The van der Waals surface area contributed by atoms with Crippen molar-refractivity contribution in [2.45, 2.75) is 57.7 Å². The van der Waals surface area contributed by atoms with E-state index in [1.54, 1.807) is 13.8 Å². The van der Waals surface area contributed by atoms with Gasteiger partial charge in [-0.2, -0.15) is 0 Å². The van der Waals surface area contributed by atoms with Gasteiger partial charge in [0.25, 0.3) is 0 Å². The summed E-state index contributed by atoms with van der Waals surface area (Å²) < 4.78 is 14.0. The van der Waals surface area contributed by atoms with Crippen molar-refractivity contribution >= 4 is 0 Å². The lowest BCUT2D eigenvalue weighted by Crippen LogP contribution is -2.32. The van der Waals surface area contributed by atoms with Crippen LogP contribution in [0.25, 0.3) is 0 Å². The van der Waals surface area contributed by atoms with Gasteiger partial charge in [0.2, 0.25) is 0 Å². The topological polar surface area (TPSA) is 26.0 Å². The van der Waals surface area contributed by atoms with E-state index in [0.29, 0.717) is 0 Å². The van der Waals surface area contributed by atoms with Gasteiger partial charge in [0.15, 0.2) is 0 Å². The molecule has 0 saturated heterocycles. The standard InChI is InChI=1S/C15H22FN/c1-10-5-6-12(14(3,4)16)9-13(10)15(7-8-15)11(2)17/h5-6,9,11H,7-8,17H2,1-4H3. The molecule has 1 aliphatic carbocycles. The molecule has 0 spiro atoms. The molecule has 1 unspecified atom stereocenters. The van der Waals surface area contributed by atoms with E-state index in [9.17, 15) is 4.39 Å². The third kappa shape index (κ3) is 2.11. The lowest BCUT2D eigenvalue weighted by atomic mass is 9.83. The molecule has 1 fully saturated rings. The van der Waals surface area contributed by atoms with Crippen LogP contribution in [0, 0.1) is 6.92 Å². The summed E-state index contributed by atoms with van der Waals surface area (Å²) in [6.07, 6.45) is 2.25. The first-order valence-electron chi connectivity index (χ1n) is 6.33. The molecule has 0 aromatic heterocycles. The van der Waals surface area contributed by atoms with Crippen molar-refractivity contribution in [3.63, 3.8) is 0 Å². The second kappa shape index (κ2) is 3.81. The molecule has 1 saturated carbocycles. The molecule has 2 rings (SSSR count). The molecule has 1 atom stereocenters. The monoisotopic (exact) mass is 235 g/mol. The summed E-state index contributed by atoms with van der Waals surface area (Å²) in [4.78, 5) is 0. The Hall–Kier alpha value is -0.890. The van der Waals surface area contributed by atoms with Crippen LogP contribution in [0.4, 0.5) is 4.39 Å². The molecule has 0 radical (unpaired) electrons. The summed E-state index contributed by atoms with van der Waals surface area (Å²) in [6.45, 7) is 7.35. The van der Waals surface area contributed by atoms with Crippen molar-refractivity contribution in [1.29, 1.82) is 0 Å². The van der Waals surface area contributed by atoms with Crippen LogP contribution in [0.15, 0.2) is 18.2 Å². The number of nitrogens with two attached hydrogens (primary N) is 1. The zero-order chi connectivity index (χ0) is 12.8. The van der Waals surface area contributed by atoms with Gasteiger partial charge in [0.1, 0.15) is 5.67 Å². The van der Waals surface area contributed by atoms with Crippen molar-refractivity contribution in [3.05, 3.63) is 34.9 Å². The molecule has 1 aromatic carbocycles. The van der Waals surface area contributed by atoms with Gasteiger partial charge in [-0.05, 0) is 57.2 Å². The molecule has 0 bridgehead atoms. The highest BCUT2D eigenvalue weighted by Gasteiger charge is 2.48. The van der Waals surface area contributed by atoms with Crippen molar-refractivity contribution in [1.82, 2.24) is 0 Å². The maximum Gasteiger partial charge on any atom is 0.130 e. The first kappa shape index (κ1) is 12.6. The SMILES string of the molecule is Cc1ccc(C(C)(C)F)cc1C1(C(C)N)CC1. The van der Waals surface area contributed by atoms with Crippen LogP contribution in [0.1, 0.15) is 50.3 Å². The molecule has 94 valence electrons. The van der Waals surface area contributed by atoms with Gasteiger partial charge < -0.3 is 5.73 Å². The number of hydrogen-bond donors (Lipinski definition) is 1. The molecular weight excluding hydrogens is 213 g/mol. The molecule has 0 aliphatic heterocycles. The molecule has 2 N–H and O–H groups in total. The fourth-order valence-corrected chi connectivity index (χ4v) is 2.63. The maximum absolute atomic E-state index is 14.0. The number of aryl methyl sites for hydroxylation is 1. The smallest absolute Gasteiger partial charge is 0.130 e. The van der Waals surface area contributed by atoms with Gasteiger partial charge >= 0.3 is 0 Å². The highest BCUT2D eigenvalue weighted by atomic mass is 19.1. The number of rotatable bonds is 3. The highest BCUT2D eigenvalue weighted by Crippen LogP contribution is 2.51. The first-order chi connectivity index (χ1) is 7.77.